The molecule has 6 heteroatoms. The maximum Gasteiger partial charge on any atom is 0.315 e. The van der Waals surface area contributed by atoms with Gasteiger partial charge < -0.3 is 20.5 Å². The van der Waals surface area contributed by atoms with Crippen LogP contribution in [0.1, 0.15) is 45.4 Å². The SMILES string of the molecule is CC(NC(=O)NC1CCCC(C(=O)O)C1)C1CCCO1. The van der Waals surface area contributed by atoms with Crippen molar-refractivity contribution >= 4 is 12.0 Å². The minimum absolute atomic E-state index is 0.0173. The second-order valence-corrected chi connectivity index (χ2v) is 5.86. The normalized spacial score (nSPS) is 31.6. The summed E-state index contributed by atoms with van der Waals surface area (Å²) in [6.07, 6.45) is 5.05. The van der Waals surface area contributed by atoms with Gasteiger partial charge in [0.15, 0.2) is 0 Å². The van der Waals surface area contributed by atoms with E-state index in [4.69, 9.17) is 9.84 Å². The molecule has 1 saturated carbocycles. The van der Waals surface area contributed by atoms with Gasteiger partial charge in [-0.2, -0.15) is 0 Å². The van der Waals surface area contributed by atoms with Crippen molar-refractivity contribution in [2.75, 3.05) is 6.61 Å². The second kappa shape index (κ2) is 6.92. The molecule has 1 heterocycles. The summed E-state index contributed by atoms with van der Waals surface area (Å²) in [5.41, 5.74) is 0. The molecule has 1 aliphatic heterocycles. The standard InChI is InChI=1S/C14H24N2O4/c1-9(12-6-3-7-20-12)15-14(19)16-11-5-2-4-10(8-11)13(17)18/h9-12H,2-8H2,1H3,(H,17,18)(H2,15,16,19). The highest BCUT2D eigenvalue weighted by molar-refractivity contribution is 5.75. The van der Waals surface area contributed by atoms with Gasteiger partial charge in [-0.25, -0.2) is 4.79 Å². The number of aliphatic carboxylic acids is 1. The number of amides is 2. The Balaban J connectivity index is 1.74. The minimum atomic E-state index is -0.760. The van der Waals surface area contributed by atoms with Gasteiger partial charge in [-0.15, -0.1) is 0 Å². The lowest BCUT2D eigenvalue weighted by Gasteiger charge is -2.28. The maximum absolute atomic E-state index is 11.9. The van der Waals surface area contributed by atoms with E-state index in [9.17, 15) is 9.59 Å². The topological polar surface area (TPSA) is 87.7 Å². The van der Waals surface area contributed by atoms with Crippen molar-refractivity contribution in [2.24, 2.45) is 5.92 Å². The number of carboxylic acids is 1. The van der Waals surface area contributed by atoms with E-state index in [1.807, 2.05) is 6.92 Å². The van der Waals surface area contributed by atoms with Gasteiger partial charge in [-0.1, -0.05) is 6.42 Å². The number of ether oxygens (including phenoxy) is 1. The van der Waals surface area contributed by atoms with E-state index in [-0.39, 0.29) is 30.1 Å². The lowest BCUT2D eigenvalue weighted by atomic mass is 9.86. The van der Waals surface area contributed by atoms with Gasteiger partial charge in [-0.3, -0.25) is 4.79 Å². The largest absolute Gasteiger partial charge is 0.481 e. The molecule has 0 aromatic carbocycles. The van der Waals surface area contributed by atoms with Crippen molar-refractivity contribution in [3.63, 3.8) is 0 Å². The first-order chi connectivity index (χ1) is 9.56. The van der Waals surface area contributed by atoms with Crippen LogP contribution in [0, 0.1) is 5.92 Å². The number of nitrogens with one attached hydrogen (secondary N) is 2. The smallest absolute Gasteiger partial charge is 0.315 e. The van der Waals surface area contributed by atoms with Crippen LogP contribution in [-0.2, 0) is 9.53 Å². The Labute approximate surface area is 119 Å². The fourth-order valence-electron chi connectivity index (χ4n) is 3.07. The van der Waals surface area contributed by atoms with E-state index < -0.39 is 5.97 Å². The highest BCUT2D eigenvalue weighted by atomic mass is 16.5. The van der Waals surface area contributed by atoms with E-state index >= 15 is 0 Å². The van der Waals surface area contributed by atoms with Crippen LogP contribution in [0.5, 0.6) is 0 Å². The molecule has 0 radical (unpaired) electrons. The minimum Gasteiger partial charge on any atom is -0.481 e. The third kappa shape index (κ3) is 4.10. The van der Waals surface area contributed by atoms with Crippen LogP contribution < -0.4 is 10.6 Å². The summed E-state index contributed by atoms with van der Waals surface area (Å²) in [6, 6.07) is -0.276. The average Bonchev–Trinajstić information content (AvgIpc) is 2.92. The molecule has 20 heavy (non-hydrogen) atoms. The molecule has 114 valence electrons. The predicted octanol–water partition coefficient (Wildman–Crippen LogP) is 1.50. The number of urea groups is 1. The third-order valence-corrected chi connectivity index (χ3v) is 4.24. The zero-order chi connectivity index (χ0) is 14.5. The summed E-state index contributed by atoms with van der Waals surface area (Å²) in [6.45, 7) is 2.71. The van der Waals surface area contributed by atoms with Crippen molar-refractivity contribution in [1.29, 1.82) is 0 Å². The van der Waals surface area contributed by atoms with Crippen molar-refractivity contribution in [3.05, 3.63) is 0 Å². The van der Waals surface area contributed by atoms with E-state index in [1.54, 1.807) is 0 Å². The van der Waals surface area contributed by atoms with Crippen LogP contribution >= 0.6 is 0 Å². The van der Waals surface area contributed by atoms with Gasteiger partial charge in [0, 0.05) is 12.6 Å². The molecule has 1 aliphatic carbocycles. The Morgan fingerprint density at radius 3 is 2.70 bits per heavy atom. The summed E-state index contributed by atoms with van der Waals surface area (Å²) >= 11 is 0. The number of hydrogen-bond acceptors (Lipinski definition) is 3. The van der Waals surface area contributed by atoms with Crippen LogP contribution in [0.4, 0.5) is 4.79 Å². The first-order valence-electron chi connectivity index (χ1n) is 7.47. The fraction of sp³-hybridized carbons (Fsp3) is 0.857. The molecule has 0 bridgehead atoms. The maximum atomic E-state index is 11.9. The monoisotopic (exact) mass is 284 g/mol. The third-order valence-electron chi connectivity index (χ3n) is 4.24. The first-order valence-corrected chi connectivity index (χ1v) is 7.47. The Bertz CT molecular complexity index is 355. The number of carbonyl (C=O) groups is 2. The van der Waals surface area contributed by atoms with E-state index in [0.29, 0.717) is 12.8 Å². The molecule has 1 saturated heterocycles. The molecule has 2 amide bonds. The zero-order valence-corrected chi connectivity index (χ0v) is 11.9. The number of hydrogen-bond donors (Lipinski definition) is 3. The number of rotatable bonds is 4. The summed E-state index contributed by atoms with van der Waals surface area (Å²) < 4.78 is 5.53. The van der Waals surface area contributed by atoms with Gasteiger partial charge in [0.05, 0.1) is 18.1 Å². The van der Waals surface area contributed by atoms with Crippen molar-refractivity contribution in [2.45, 2.75) is 63.6 Å². The molecule has 2 aliphatic rings. The molecule has 4 atom stereocenters. The molecular formula is C14H24N2O4. The molecular weight excluding hydrogens is 260 g/mol. The summed E-state index contributed by atoms with van der Waals surface area (Å²) in [4.78, 5) is 22.9. The second-order valence-electron chi connectivity index (χ2n) is 5.86. The predicted molar refractivity (Wildman–Crippen MR) is 73.5 cm³/mol. The van der Waals surface area contributed by atoms with Crippen LogP contribution in [0.3, 0.4) is 0 Å². The van der Waals surface area contributed by atoms with Crippen LogP contribution in [0.2, 0.25) is 0 Å². The summed E-state index contributed by atoms with van der Waals surface area (Å²) in [7, 11) is 0. The Hall–Kier alpha value is -1.30. The van der Waals surface area contributed by atoms with E-state index in [1.165, 1.54) is 0 Å². The Morgan fingerprint density at radius 1 is 1.25 bits per heavy atom. The van der Waals surface area contributed by atoms with Gasteiger partial charge in [0.1, 0.15) is 0 Å². The fourth-order valence-corrected chi connectivity index (χ4v) is 3.07. The molecule has 4 unspecified atom stereocenters. The molecule has 3 N–H and O–H groups in total. The highest BCUT2D eigenvalue weighted by Crippen LogP contribution is 2.24. The first kappa shape index (κ1) is 15.1. The molecule has 0 aromatic heterocycles. The van der Waals surface area contributed by atoms with E-state index in [2.05, 4.69) is 10.6 Å². The molecule has 6 nitrogen and oxygen atoms in total. The number of carboxylic acid groups (broad SMARTS) is 1. The summed E-state index contributed by atoms with van der Waals surface area (Å²) in [5.74, 6) is -1.09. The molecule has 2 rings (SSSR count). The average molecular weight is 284 g/mol. The van der Waals surface area contributed by atoms with Crippen molar-refractivity contribution < 1.29 is 19.4 Å². The van der Waals surface area contributed by atoms with Crippen LogP contribution in [-0.4, -0.2) is 41.9 Å². The molecule has 2 fully saturated rings. The molecule has 0 spiro atoms. The lowest BCUT2D eigenvalue weighted by Crippen LogP contribution is -2.50. The molecule has 0 aromatic rings. The van der Waals surface area contributed by atoms with Gasteiger partial charge in [0.25, 0.3) is 0 Å². The van der Waals surface area contributed by atoms with E-state index in [0.717, 1.165) is 32.3 Å². The van der Waals surface area contributed by atoms with Gasteiger partial charge in [-0.05, 0) is 39.0 Å². The number of carbonyl (C=O) groups excluding carboxylic acids is 1. The van der Waals surface area contributed by atoms with Crippen LogP contribution in [0.15, 0.2) is 0 Å². The summed E-state index contributed by atoms with van der Waals surface area (Å²) in [5, 5.41) is 14.8. The van der Waals surface area contributed by atoms with Crippen molar-refractivity contribution in [1.82, 2.24) is 10.6 Å². The van der Waals surface area contributed by atoms with Gasteiger partial charge in [0.2, 0.25) is 0 Å². The quantitative estimate of drug-likeness (QED) is 0.730. The Kier molecular flexibility index (Phi) is 5.23. The van der Waals surface area contributed by atoms with Gasteiger partial charge >= 0.3 is 12.0 Å². The van der Waals surface area contributed by atoms with Crippen LogP contribution in [0.25, 0.3) is 0 Å². The highest BCUT2D eigenvalue weighted by Gasteiger charge is 2.29. The Morgan fingerprint density at radius 2 is 2.05 bits per heavy atom. The van der Waals surface area contributed by atoms with Crippen molar-refractivity contribution in [3.8, 4) is 0 Å². The lowest BCUT2D eigenvalue weighted by molar-refractivity contribution is -0.143. The zero-order valence-electron chi connectivity index (χ0n) is 11.9.